The summed E-state index contributed by atoms with van der Waals surface area (Å²) in [6.07, 6.45) is -5.52. The number of carbonyl (C=O) groups excluding carboxylic acids is 1. The van der Waals surface area contributed by atoms with Gasteiger partial charge in [-0.2, -0.15) is 8.78 Å². The van der Waals surface area contributed by atoms with Crippen molar-refractivity contribution in [2.45, 2.75) is 43.6 Å². The van der Waals surface area contributed by atoms with Crippen molar-refractivity contribution in [3.8, 4) is 11.1 Å². The zero-order valence-corrected chi connectivity index (χ0v) is 24.1. The van der Waals surface area contributed by atoms with Gasteiger partial charge >= 0.3 is 0 Å². The summed E-state index contributed by atoms with van der Waals surface area (Å²) < 4.78 is 114. The maximum Gasteiger partial charge on any atom is 0.290 e. The van der Waals surface area contributed by atoms with E-state index >= 15 is 0 Å². The van der Waals surface area contributed by atoms with Crippen LogP contribution in [0.15, 0.2) is 87.9 Å². The van der Waals surface area contributed by atoms with Crippen LogP contribution in [0.25, 0.3) is 22.0 Å². The van der Waals surface area contributed by atoms with Crippen molar-refractivity contribution in [3.63, 3.8) is 0 Å². The van der Waals surface area contributed by atoms with Gasteiger partial charge in [0.15, 0.2) is 0 Å². The molecule has 0 saturated heterocycles. The number of fused-ring (bicyclic) bond motifs is 1. The molecule has 0 unspecified atom stereocenters. The van der Waals surface area contributed by atoms with Crippen molar-refractivity contribution in [3.05, 3.63) is 111 Å². The molecular formula is C32H25F8N5O2. The molecule has 5 rings (SSSR count). The molecule has 0 radical (unpaired) electrons. The number of nitrogens with zero attached hydrogens (tertiary/aromatic N) is 2. The van der Waals surface area contributed by atoms with Crippen LogP contribution in [0.3, 0.4) is 0 Å². The van der Waals surface area contributed by atoms with E-state index in [0.717, 1.165) is 12.1 Å². The first-order chi connectivity index (χ1) is 22.1. The van der Waals surface area contributed by atoms with E-state index in [-0.39, 0.29) is 23.2 Å². The van der Waals surface area contributed by atoms with Crippen molar-refractivity contribution in [2.75, 3.05) is 6.54 Å². The fourth-order valence-electron chi connectivity index (χ4n) is 5.39. The lowest BCUT2D eigenvalue weighted by Crippen LogP contribution is -2.46. The first-order valence-corrected chi connectivity index (χ1v) is 14.1. The average Bonchev–Trinajstić information content (AvgIpc) is 3.00. The number of benzene rings is 2. The zero-order valence-electron chi connectivity index (χ0n) is 24.1. The van der Waals surface area contributed by atoms with Crippen LogP contribution in [0.4, 0.5) is 35.1 Å². The Morgan fingerprint density at radius 2 is 1.66 bits per heavy atom. The normalized spacial score (nSPS) is 18.4. The Hall–Kier alpha value is -5.08. The molecule has 4 N–H and O–H groups in total. The lowest BCUT2D eigenvalue weighted by molar-refractivity contribution is -0.120. The highest BCUT2D eigenvalue weighted by Gasteiger charge is 2.55. The smallest absolute Gasteiger partial charge is 0.290 e. The van der Waals surface area contributed by atoms with E-state index in [1.54, 1.807) is 36.4 Å². The topological polar surface area (TPSA) is 113 Å². The number of aliphatic imine (C=N–C) groups is 1. The van der Waals surface area contributed by atoms with Gasteiger partial charge in [0.2, 0.25) is 11.5 Å². The molecule has 1 fully saturated rings. The van der Waals surface area contributed by atoms with Crippen LogP contribution in [0.5, 0.6) is 0 Å². The predicted molar refractivity (Wildman–Crippen MR) is 157 cm³/mol. The van der Waals surface area contributed by atoms with Gasteiger partial charge in [0.1, 0.15) is 23.9 Å². The maximum absolute atomic E-state index is 14.8. The van der Waals surface area contributed by atoms with Gasteiger partial charge in [-0.15, -0.1) is 0 Å². The zero-order chi connectivity index (χ0) is 34.1. The van der Waals surface area contributed by atoms with E-state index in [2.05, 4.69) is 20.3 Å². The van der Waals surface area contributed by atoms with Crippen LogP contribution in [0.2, 0.25) is 0 Å². The van der Waals surface area contributed by atoms with E-state index < -0.39 is 78.2 Å². The molecule has 15 heteroatoms. The second-order valence-electron chi connectivity index (χ2n) is 10.9. The Balaban J connectivity index is 1.54. The SMILES string of the molecule is NC(=C1C(=NCC(=O)N[C@@H](Cc2cc(F)cc(F)c2)c2ncccc2-c2ccc3ccc(=O)[nH]c3c2)C(F)(F)CCC1(F)F)C(F)F. The molecule has 1 atom stereocenters. The van der Waals surface area contributed by atoms with E-state index in [1.807, 2.05) is 0 Å². The van der Waals surface area contributed by atoms with Gasteiger partial charge in [0.25, 0.3) is 18.3 Å². The molecule has 7 nitrogen and oxygen atoms in total. The molecule has 1 aliphatic rings. The summed E-state index contributed by atoms with van der Waals surface area (Å²) >= 11 is 0. The summed E-state index contributed by atoms with van der Waals surface area (Å²) in [6, 6.07) is 12.6. The number of nitrogens with one attached hydrogen (secondary N) is 2. The maximum atomic E-state index is 14.8. The number of alkyl halides is 6. The Morgan fingerprint density at radius 3 is 2.36 bits per heavy atom. The molecule has 2 aromatic carbocycles. The third-order valence-corrected chi connectivity index (χ3v) is 7.51. The molecule has 1 amide bonds. The first-order valence-electron chi connectivity index (χ1n) is 14.1. The van der Waals surface area contributed by atoms with E-state index in [4.69, 9.17) is 5.73 Å². The fourth-order valence-corrected chi connectivity index (χ4v) is 5.39. The van der Waals surface area contributed by atoms with Crippen LogP contribution < -0.4 is 16.6 Å². The van der Waals surface area contributed by atoms with Crippen molar-refractivity contribution in [1.29, 1.82) is 0 Å². The van der Waals surface area contributed by atoms with Gasteiger partial charge in [-0.3, -0.25) is 19.6 Å². The minimum atomic E-state index is -4.16. The van der Waals surface area contributed by atoms with E-state index in [1.165, 1.54) is 12.3 Å². The molecule has 1 aliphatic carbocycles. The van der Waals surface area contributed by atoms with Gasteiger partial charge < -0.3 is 16.0 Å². The van der Waals surface area contributed by atoms with Crippen molar-refractivity contribution in [1.82, 2.24) is 15.3 Å². The molecule has 246 valence electrons. The number of halogens is 8. The van der Waals surface area contributed by atoms with Crippen molar-refractivity contribution < 1.29 is 39.9 Å². The van der Waals surface area contributed by atoms with Crippen LogP contribution >= 0.6 is 0 Å². The summed E-state index contributed by atoms with van der Waals surface area (Å²) in [5, 5.41) is 3.19. The first kappa shape index (κ1) is 33.3. The molecule has 0 aliphatic heterocycles. The predicted octanol–water partition coefficient (Wildman–Crippen LogP) is 6.25. The highest BCUT2D eigenvalue weighted by molar-refractivity contribution is 6.08. The van der Waals surface area contributed by atoms with E-state index in [0.29, 0.717) is 28.1 Å². The second kappa shape index (κ2) is 13.0. The van der Waals surface area contributed by atoms with Crippen LogP contribution in [0.1, 0.15) is 30.1 Å². The van der Waals surface area contributed by atoms with Crippen LogP contribution in [0, 0.1) is 11.6 Å². The molecule has 4 aromatic rings. The number of nitrogens with two attached hydrogens (primary N) is 1. The number of pyridine rings is 2. The third-order valence-electron chi connectivity index (χ3n) is 7.51. The number of rotatable bonds is 8. The van der Waals surface area contributed by atoms with Gasteiger partial charge in [0, 0.05) is 42.3 Å². The Bertz CT molecular complexity index is 1940. The second-order valence-corrected chi connectivity index (χ2v) is 10.9. The third kappa shape index (κ3) is 7.34. The standard InChI is InChI=1S/C32H25F8N5O2/c33-19-10-16(11-20(34)14-19)12-23(28-21(2-1-9-42-28)18-4-3-17-5-6-24(46)44-22(17)13-18)45-25(47)15-43-29-26(27(41)30(35)36)31(37,38)7-8-32(29,39)40/h1-6,9-11,13-14,23,30H,7-8,12,15,41H2,(H,44,46)(H,45,47)/t23-/m0/s1. The van der Waals surface area contributed by atoms with Crippen molar-refractivity contribution >= 4 is 22.5 Å². The van der Waals surface area contributed by atoms with Gasteiger partial charge in [-0.05, 0) is 53.3 Å². The molecule has 0 bridgehead atoms. The lowest BCUT2D eigenvalue weighted by Gasteiger charge is -2.33. The molecule has 47 heavy (non-hydrogen) atoms. The molecule has 0 spiro atoms. The van der Waals surface area contributed by atoms with Gasteiger partial charge in [-0.1, -0.05) is 18.2 Å². The summed E-state index contributed by atoms with van der Waals surface area (Å²) in [5.74, 6) is -11.2. The summed E-state index contributed by atoms with van der Waals surface area (Å²) in [7, 11) is 0. The van der Waals surface area contributed by atoms with E-state index in [9.17, 15) is 44.7 Å². The Morgan fingerprint density at radius 1 is 0.979 bits per heavy atom. The minimum Gasteiger partial charge on any atom is -0.397 e. The number of carbonyl (C=O) groups is 1. The molecular weight excluding hydrogens is 638 g/mol. The number of H-pyrrole nitrogens is 1. The summed E-state index contributed by atoms with van der Waals surface area (Å²) in [4.78, 5) is 35.5. The average molecular weight is 664 g/mol. The van der Waals surface area contributed by atoms with Crippen molar-refractivity contribution in [2.24, 2.45) is 10.7 Å². The number of aromatic nitrogens is 2. The largest absolute Gasteiger partial charge is 0.397 e. The van der Waals surface area contributed by atoms with Gasteiger partial charge in [0.05, 0.1) is 23.0 Å². The number of allylic oxidation sites excluding steroid dienone is 2. The highest BCUT2D eigenvalue weighted by atomic mass is 19.3. The summed E-state index contributed by atoms with van der Waals surface area (Å²) in [5.41, 5.74) is 0.991. The lowest BCUT2D eigenvalue weighted by atomic mass is 9.84. The Kier molecular flexibility index (Phi) is 9.18. The highest BCUT2D eigenvalue weighted by Crippen LogP contribution is 2.45. The number of aromatic amines is 1. The minimum absolute atomic E-state index is 0.0620. The fraction of sp³-hybridized carbons (Fsp3) is 0.250. The van der Waals surface area contributed by atoms with Crippen LogP contribution in [-0.4, -0.2) is 46.4 Å². The van der Waals surface area contributed by atoms with Crippen LogP contribution in [-0.2, 0) is 11.2 Å². The van der Waals surface area contributed by atoms with Gasteiger partial charge in [-0.25, -0.2) is 26.3 Å². The number of amides is 1. The quantitative estimate of drug-likeness (QED) is 0.194. The number of hydrogen-bond acceptors (Lipinski definition) is 5. The molecule has 2 heterocycles. The Labute approximate surface area is 261 Å². The molecule has 1 saturated carbocycles. The number of hydrogen-bond donors (Lipinski definition) is 3. The monoisotopic (exact) mass is 663 g/mol. The molecule has 2 aromatic heterocycles. The summed E-state index contributed by atoms with van der Waals surface area (Å²) in [6.45, 7) is -1.21.